The molecule has 6 heteroatoms. The predicted molar refractivity (Wildman–Crippen MR) is 55.3 cm³/mol. The van der Waals surface area contributed by atoms with E-state index in [9.17, 15) is 18.0 Å². The SMILES string of the molecule is [B]CCC(=O)Nc1ccc(C(F)(F)F)cc1. The highest BCUT2D eigenvalue weighted by atomic mass is 19.4. The van der Waals surface area contributed by atoms with Crippen LogP contribution in [0.25, 0.3) is 0 Å². The van der Waals surface area contributed by atoms with Gasteiger partial charge in [0.2, 0.25) is 5.91 Å². The molecule has 2 radical (unpaired) electrons. The Hall–Kier alpha value is -1.46. The highest BCUT2D eigenvalue weighted by Crippen LogP contribution is 2.29. The molecule has 1 aromatic carbocycles. The minimum atomic E-state index is -4.36. The number of alkyl halides is 3. The zero-order valence-electron chi connectivity index (χ0n) is 8.34. The molecule has 84 valence electrons. The second-order valence-corrected chi connectivity index (χ2v) is 3.16. The van der Waals surface area contributed by atoms with Crippen molar-refractivity contribution in [2.24, 2.45) is 0 Å². The number of benzene rings is 1. The molecule has 0 heterocycles. The standard InChI is InChI=1S/C10H9BF3NO/c11-6-5-9(16)15-8-3-1-7(2-4-8)10(12,13)14/h1-4H,5-6H2,(H,15,16). The maximum Gasteiger partial charge on any atom is 0.416 e. The van der Waals surface area contributed by atoms with Crippen LogP contribution in [0.15, 0.2) is 24.3 Å². The largest absolute Gasteiger partial charge is 0.416 e. The number of halogens is 3. The van der Waals surface area contributed by atoms with Crippen molar-refractivity contribution in [1.82, 2.24) is 0 Å². The molecule has 1 amide bonds. The van der Waals surface area contributed by atoms with E-state index in [2.05, 4.69) is 5.32 Å². The number of carbonyl (C=O) groups excluding carboxylic acids is 1. The smallest absolute Gasteiger partial charge is 0.326 e. The van der Waals surface area contributed by atoms with Crippen molar-refractivity contribution >= 4 is 19.4 Å². The topological polar surface area (TPSA) is 29.1 Å². The van der Waals surface area contributed by atoms with E-state index in [1.165, 1.54) is 12.1 Å². The number of hydrogen-bond donors (Lipinski definition) is 1. The van der Waals surface area contributed by atoms with Gasteiger partial charge in [0.1, 0.15) is 0 Å². The fourth-order valence-corrected chi connectivity index (χ4v) is 1.10. The van der Waals surface area contributed by atoms with Crippen LogP contribution < -0.4 is 5.32 Å². The Balaban J connectivity index is 2.69. The van der Waals surface area contributed by atoms with Crippen molar-refractivity contribution < 1.29 is 18.0 Å². The zero-order chi connectivity index (χ0) is 12.2. The normalized spacial score (nSPS) is 11.2. The van der Waals surface area contributed by atoms with Gasteiger partial charge in [-0.2, -0.15) is 13.2 Å². The van der Waals surface area contributed by atoms with E-state index in [1.807, 2.05) is 0 Å². The van der Waals surface area contributed by atoms with Gasteiger partial charge in [-0.25, -0.2) is 0 Å². The van der Waals surface area contributed by atoms with E-state index in [1.54, 1.807) is 0 Å². The molecule has 0 unspecified atom stereocenters. The molecule has 0 spiro atoms. The van der Waals surface area contributed by atoms with Crippen molar-refractivity contribution in [2.45, 2.75) is 18.9 Å². The van der Waals surface area contributed by atoms with Gasteiger partial charge in [-0.15, -0.1) is 0 Å². The van der Waals surface area contributed by atoms with Crippen LogP contribution in [0.4, 0.5) is 18.9 Å². The maximum atomic E-state index is 12.2. The number of carbonyl (C=O) groups is 1. The van der Waals surface area contributed by atoms with Crippen molar-refractivity contribution in [2.75, 3.05) is 5.32 Å². The van der Waals surface area contributed by atoms with Crippen LogP contribution in [-0.2, 0) is 11.0 Å². The molecule has 16 heavy (non-hydrogen) atoms. The average molecular weight is 227 g/mol. The summed E-state index contributed by atoms with van der Waals surface area (Å²) in [5.41, 5.74) is -0.421. The Morgan fingerprint density at radius 1 is 1.25 bits per heavy atom. The minimum Gasteiger partial charge on any atom is -0.326 e. The Kier molecular flexibility index (Phi) is 3.98. The molecule has 0 aliphatic rings. The van der Waals surface area contributed by atoms with Crippen LogP contribution in [-0.4, -0.2) is 13.8 Å². The summed E-state index contributed by atoms with van der Waals surface area (Å²) in [5.74, 6) is -0.317. The van der Waals surface area contributed by atoms with Gasteiger partial charge in [0.05, 0.1) is 13.4 Å². The Labute approximate surface area is 92.3 Å². The first-order chi connectivity index (χ1) is 7.43. The first kappa shape index (κ1) is 12.6. The third-order valence-corrected chi connectivity index (χ3v) is 1.87. The third kappa shape index (κ3) is 3.60. The van der Waals surface area contributed by atoms with Gasteiger partial charge < -0.3 is 5.32 Å². The molecule has 0 saturated carbocycles. The molecule has 0 aliphatic carbocycles. The first-order valence-electron chi connectivity index (χ1n) is 4.60. The number of nitrogens with one attached hydrogen (secondary N) is 1. The molecule has 2 nitrogen and oxygen atoms in total. The lowest BCUT2D eigenvalue weighted by atomic mass is 10.0. The Morgan fingerprint density at radius 2 is 1.81 bits per heavy atom. The van der Waals surface area contributed by atoms with Crippen molar-refractivity contribution in [1.29, 1.82) is 0 Å². The quantitative estimate of drug-likeness (QED) is 0.790. The van der Waals surface area contributed by atoms with E-state index in [0.717, 1.165) is 12.1 Å². The Morgan fingerprint density at radius 3 is 2.25 bits per heavy atom. The summed E-state index contributed by atoms with van der Waals surface area (Å²) in [5, 5.41) is 2.44. The highest BCUT2D eigenvalue weighted by Gasteiger charge is 2.29. The van der Waals surface area contributed by atoms with Gasteiger partial charge in [-0.05, 0) is 24.3 Å². The third-order valence-electron chi connectivity index (χ3n) is 1.87. The predicted octanol–water partition coefficient (Wildman–Crippen LogP) is 2.62. The van der Waals surface area contributed by atoms with Crippen molar-refractivity contribution in [3.8, 4) is 0 Å². The monoisotopic (exact) mass is 227 g/mol. The number of rotatable bonds is 3. The van der Waals surface area contributed by atoms with Gasteiger partial charge in [0, 0.05) is 12.1 Å². The second kappa shape index (κ2) is 5.05. The van der Waals surface area contributed by atoms with Gasteiger partial charge in [0.15, 0.2) is 0 Å². The van der Waals surface area contributed by atoms with E-state index in [0.29, 0.717) is 5.69 Å². The number of amides is 1. The summed E-state index contributed by atoms with van der Waals surface area (Å²) < 4.78 is 36.6. The molecule has 0 fully saturated rings. The van der Waals surface area contributed by atoms with Crippen molar-refractivity contribution in [3.05, 3.63) is 29.8 Å². The summed E-state index contributed by atoms with van der Waals surface area (Å²) in [7, 11) is 5.15. The molecule has 1 N–H and O–H groups in total. The Bertz CT molecular complexity index is 361. The van der Waals surface area contributed by atoms with E-state index in [-0.39, 0.29) is 18.6 Å². The fourth-order valence-electron chi connectivity index (χ4n) is 1.10. The van der Waals surface area contributed by atoms with Crippen LogP contribution in [0.5, 0.6) is 0 Å². The van der Waals surface area contributed by atoms with Crippen LogP contribution in [0.2, 0.25) is 6.32 Å². The summed E-state index contributed by atoms with van der Waals surface area (Å²) in [4.78, 5) is 11.1. The maximum absolute atomic E-state index is 12.2. The highest BCUT2D eigenvalue weighted by molar-refractivity contribution is 6.10. The molecule has 0 bridgehead atoms. The van der Waals surface area contributed by atoms with Gasteiger partial charge in [-0.3, -0.25) is 4.79 Å². The zero-order valence-corrected chi connectivity index (χ0v) is 8.34. The second-order valence-electron chi connectivity index (χ2n) is 3.16. The van der Waals surface area contributed by atoms with Crippen LogP contribution in [0, 0.1) is 0 Å². The number of hydrogen-bond acceptors (Lipinski definition) is 1. The molecule has 0 saturated heterocycles. The van der Waals surface area contributed by atoms with E-state index in [4.69, 9.17) is 7.85 Å². The van der Waals surface area contributed by atoms with E-state index >= 15 is 0 Å². The summed E-state index contributed by atoms with van der Waals surface area (Å²) in [6, 6.07) is 4.24. The molecule has 1 aromatic rings. The van der Waals surface area contributed by atoms with Crippen molar-refractivity contribution in [3.63, 3.8) is 0 Å². The number of anilines is 1. The van der Waals surface area contributed by atoms with Gasteiger partial charge in [0.25, 0.3) is 0 Å². The lowest BCUT2D eigenvalue weighted by molar-refractivity contribution is -0.137. The molecule has 0 aliphatic heterocycles. The van der Waals surface area contributed by atoms with Crippen LogP contribution in [0.1, 0.15) is 12.0 Å². The first-order valence-corrected chi connectivity index (χ1v) is 4.60. The average Bonchev–Trinajstić information content (AvgIpc) is 2.17. The molecular weight excluding hydrogens is 218 g/mol. The lowest BCUT2D eigenvalue weighted by Gasteiger charge is -2.08. The van der Waals surface area contributed by atoms with Gasteiger partial charge >= 0.3 is 6.18 Å². The summed E-state index contributed by atoms with van der Waals surface area (Å²) in [6.45, 7) is 0. The van der Waals surface area contributed by atoms with Crippen LogP contribution in [0.3, 0.4) is 0 Å². The van der Waals surface area contributed by atoms with Gasteiger partial charge in [-0.1, -0.05) is 6.32 Å². The molecule has 0 atom stereocenters. The molecule has 1 rings (SSSR count). The molecular formula is C10H9BF3NO. The molecule has 0 aromatic heterocycles. The summed E-state index contributed by atoms with van der Waals surface area (Å²) in [6.07, 6.45) is -4.02. The lowest BCUT2D eigenvalue weighted by Crippen LogP contribution is -2.11. The summed E-state index contributed by atoms with van der Waals surface area (Å²) >= 11 is 0. The van der Waals surface area contributed by atoms with E-state index < -0.39 is 11.7 Å². The minimum absolute atomic E-state index is 0.140. The van der Waals surface area contributed by atoms with Crippen LogP contribution >= 0.6 is 0 Å². The fraction of sp³-hybridized carbons (Fsp3) is 0.300.